The number of benzene rings is 2. The summed E-state index contributed by atoms with van der Waals surface area (Å²) in [5, 5.41) is 21.9. The van der Waals surface area contributed by atoms with Gasteiger partial charge in [0.2, 0.25) is 0 Å². The molecule has 3 rings (SSSR count). The monoisotopic (exact) mass is 331 g/mol. The van der Waals surface area contributed by atoms with Crippen molar-refractivity contribution in [3.05, 3.63) is 77.6 Å². The van der Waals surface area contributed by atoms with E-state index in [2.05, 4.69) is 16.6 Å². The van der Waals surface area contributed by atoms with Gasteiger partial charge in [0.1, 0.15) is 17.3 Å². The van der Waals surface area contributed by atoms with E-state index in [-0.39, 0.29) is 5.75 Å². The summed E-state index contributed by atoms with van der Waals surface area (Å²) < 4.78 is 5.63. The molecule has 0 saturated heterocycles. The maximum Gasteiger partial charge on any atom is 0.271 e. The molecule has 3 aromatic rings. The lowest BCUT2D eigenvalue weighted by Crippen LogP contribution is -2.17. The minimum atomic E-state index is -0.393. The van der Waals surface area contributed by atoms with E-state index >= 15 is 0 Å². The van der Waals surface area contributed by atoms with Crippen molar-refractivity contribution in [3.8, 4) is 23.1 Å². The third-order valence-corrected chi connectivity index (χ3v) is 3.41. The average Bonchev–Trinajstić information content (AvgIpc) is 3.11. The van der Waals surface area contributed by atoms with Crippen LogP contribution >= 0.6 is 0 Å². The van der Waals surface area contributed by atoms with Crippen molar-refractivity contribution in [3.63, 3.8) is 0 Å². The van der Waals surface area contributed by atoms with Crippen LogP contribution in [0, 0.1) is 11.3 Å². The quantitative estimate of drug-likeness (QED) is 0.566. The molecule has 2 N–H and O–H groups in total. The van der Waals surface area contributed by atoms with Crippen LogP contribution in [0.1, 0.15) is 21.7 Å². The first-order chi connectivity index (χ1) is 12.2. The van der Waals surface area contributed by atoms with Crippen molar-refractivity contribution < 1.29 is 14.3 Å². The number of rotatable bonds is 4. The minimum Gasteiger partial charge on any atom is -0.508 e. The zero-order valence-electron chi connectivity index (χ0n) is 13.0. The van der Waals surface area contributed by atoms with Crippen molar-refractivity contribution in [1.29, 1.82) is 5.26 Å². The van der Waals surface area contributed by atoms with Crippen LogP contribution in [0.15, 0.2) is 70.2 Å². The van der Waals surface area contributed by atoms with Crippen molar-refractivity contribution in [1.82, 2.24) is 5.43 Å². The molecule has 2 aromatic carbocycles. The van der Waals surface area contributed by atoms with E-state index < -0.39 is 5.91 Å². The fourth-order valence-electron chi connectivity index (χ4n) is 2.12. The van der Waals surface area contributed by atoms with Gasteiger partial charge in [0, 0.05) is 11.1 Å². The Labute approximate surface area is 143 Å². The second-order valence-corrected chi connectivity index (χ2v) is 5.14. The molecule has 1 amide bonds. The molecule has 0 spiro atoms. The molecule has 6 heteroatoms. The van der Waals surface area contributed by atoms with Crippen LogP contribution in [-0.2, 0) is 0 Å². The highest BCUT2D eigenvalue weighted by Crippen LogP contribution is 2.21. The van der Waals surface area contributed by atoms with Crippen molar-refractivity contribution in [2.45, 2.75) is 0 Å². The van der Waals surface area contributed by atoms with Crippen LogP contribution in [0.3, 0.4) is 0 Å². The molecular weight excluding hydrogens is 318 g/mol. The number of hydrogen-bond donors (Lipinski definition) is 2. The van der Waals surface area contributed by atoms with Gasteiger partial charge in [-0.2, -0.15) is 10.4 Å². The number of nitrogens with one attached hydrogen (secondary N) is 1. The van der Waals surface area contributed by atoms with Gasteiger partial charge in [0.15, 0.2) is 0 Å². The number of hydrazone groups is 1. The number of carbonyl (C=O) groups excluding carboxylic acids is 1. The van der Waals surface area contributed by atoms with Crippen LogP contribution in [-0.4, -0.2) is 17.2 Å². The third kappa shape index (κ3) is 3.92. The Balaban J connectivity index is 1.64. The highest BCUT2D eigenvalue weighted by Gasteiger charge is 2.05. The van der Waals surface area contributed by atoms with Crippen molar-refractivity contribution in [2.75, 3.05) is 0 Å². The van der Waals surface area contributed by atoms with E-state index in [1.165, 1.54) is 30.5 Å². The molecule has 1 heterocycles. The van der Waals surface area contributed by atoms with E-state index in [0.29, 0.717) is 22.6 Å². The largest absolute Gasteiger partial charge is 0.508 e. The molecule has 0 aliphatic heterocycles. The first kappa shape index (κ1) is 16.0. The van der Waals surface area contributed by atoms with E-state index in [4.69, 9.17) is 9.68 Å². The summed E-state index contributed by atoms with van der Waals surface area (Å²) in [5.74, 6) is 0.808. The molecule has 25 heavy (non-hydrogen) atoms. The van der Waals surface area contributed by atoms with Crippen LogP contribution < -0.4 is 5.43 Å². The highest BCUT2D eigenvalue weighted by atomic mass is 16.3. The summed E-state index contributed by atoms with van der Waals surface area (Å²) in [6.45, 7) is 0. The Kier molecular flexibility index (Phi) is 4.58. The van der Waals surface area contributed by atoms with Gasteiger partial charge in [-0.25, -0.2) is 5.43 Å². The van der Waals surface area contributed by atoms with E-state index in [9.17, 15) is 9.90 Å². The normalized spacial score (nSPS) is 10.5. The SMILES string of the molecule is N#Cc1ccc(-c2ccc(/C=N/NC(=O)c3ccc(O)cc3)o2)cc1. The highest BCUT2D eigenvalue weighted by molar-refractivity contribution is 5.94. The topological polar surface area (TPSA) is 98.6 Å². The van der Waals surface area contributed by atoms with E-state index in [1.807, 2.05) is 0 Å². The van der Waals surface area contributed by atoms with Crippen molar-refractivity contribution in [2.24, 2.45) is 5.10 Å². The van der Waals surface area contributed by atoms with Gasteiger partial charge in [0.05, 0.1) is 17.8 Å². The third-order valence-electron chi connectivity index (χ3n) is 3.41. The van der Waals surface area contributed by atoms with E-state index in [1.54, 1.807) is 36.4 Å². The van der Waals surface area contributed by atoms with Crippen LogP contribution in [0.25, 0.3) is 11.3 Å². The van der Waals surface area contributed by atoms with Gasteiger partial charge in [-0.05, 0) is 60.7 Å². The molecule has 0 aliphatic rings. The predicted octanol–water partition coefficient (Wildman–Crippen LogP) is 3.29. The fraction of sp³-hybridized carbons (Fsp3) is 0. The average molecular weight is 331 g/mol. The maximum atomic E-state index is 11.9. The van der Waals surface area contributed by atoms with Gasteiger partial charge >= 0.3 is 0 Å². The molecule has 0 unspecified atom stereocenters. The molecule has 6 nitrogen and oxygen atoms in total. The Morgan fingerprint density at radius 3 is 2.48 bits per heavy atom. The summed E-state index contributed by atoms with van der Waals surface area (Å²) in [7, 11) is 0. The maximum absolute atomic E-state index is 11.9. The molecular formula is C19H13N3O3. The number of furan rings is 1. The number of amides is 1. The lowest BCUT2D eigenvalue weighted by molar-refractivity contribution is 0.0955. The fourth-order valence-corrected chi connectivity index (χ4v) is 2.12. The van der Waals surface area contributed by atoms with Crippen LogP contribution in [0.4, 0.5) is 0 Å². The van der Waals surface area contributed by atoms with Gasteiger partial charge in [-0.15, -0.1) is 0 Å². The summed E-state index contributed by atoms with van der Waals surface area (Å²) in [6, 6.07) is 18.4. The lowest BCUT2D eigenvalue weighted by atomic mass is 10.1. The number of nitrogens with zero attached hydrogens (tertiary/aromatic N) is 2. The number of aromatic hydroxyl groups is 1. The molecule has 0 fully saturated rings. The number of carbonyl (C=O) groups is 1. The van der Waals surface area contributed by atoms with Crippen molar-refractivity contribution >= 4 is 12.1 Å². The zero-order chi connectivity index (χ0) is 17.6. The predicted molar refractivity (Wildman–Crippen MR) is 92.0 cm³/mol. The summed E-state index contributed by atoms with van der Waals surface area (Å²) >= 11 is 0. The molecule has 0 saturated carbocycles. The van der Waals surface area contributed by atoms with Crippen LogP contribution in [0.2, 0.25) is 0 Å². The van der Waals surface area contributed by atoms with Gasteiger partial charge in [-0.1, -0.05) is 0 Å². The Hall–Kier alpha value is -3.85. The number of phenols is 1. The number of hydrogen-bond acceptors (Lipinski definition) is 5. The van der Waals surface area contributed by atoms with E-state index in [0.717, 1.165) is 5.56 Å². The number of nitriles is 1. The standard InChI is InChI=1S/C19H13N3O3/c20-11-13-1-3-14(4-2-13)18-10-9-17(25-18)12-21-22-19(24)15-5-7-16(23)8-6-15/h1-10,12,23H,(H,22,24)/b21-12+. The van der Waals surface area contributed by atoms with Gasteiger partial charge in [-0.3, -0.25) is 4.79 Å². The summed E-state index contributed by atoms with van der Waals surface area (Å²) in [4.78, 5) is 11.9. The second kappa shape index (κ2) is 7.15. The Morgan fingerprint density at radius 2 is 1.80 bits per heavy atom. The lowest BCUT2D eigenvalue weighted by Gasteiger charge is -1.99. The molecule has 0 atom stereocenters. The first-order valence-electron chi connectivity index (χ1n) is 7.38. The molecule has 0 aliphatic carbocycles. The van der Waals surface area contributed by atoms with Gasteiger partial charge < -0.3 is 9.52 Å². The smallest absolute Gasteiger partial charge is 0.271 e. The molecule has 122 valence electrons. The zero-order valence-corrected chi connectivity index (χ0v) is 13.0. The summed E-state index contributed by atoms with van der Waals surface area (Å²) in [5.41, 5.74) is 4.18. The Morgan fingerprint density at radius 1 is 1.08 bits per heavy atom. The summed E-state index contributed by atoms with van der Waals surface area (Å²) in [6.07, 6.45) is 1.39. The molecule has 0 bridgehead atoms. The first-order valence-corrected chi connectivity index (χ1v) is 7.38. The van der Waals surface area contributed by atoms with Crippen LogP contribution in [0.5, 0.6) is 5.75 Å². The van der Waals surface area contributed by atoms with Gasteiger partial charge in [0.25, 0.3) is 5.91 Å². The second-order valence-electron chi connectivity index (χ2n) is 5.14. The Bertz CT molecular complexity index is 949. The molecule has 1 aromatic heterocycles. The minimum absolute atomic E-state index is 0.0889. The number of phenolic OH excluding ortho intramolecular Hbond substituents is 1. The molecule has 0 radical (unpaired) electrons.